The van der Waals surface area contributed by atoms with Crippen LogP contribution >= 0.6 is 23.2 Å². The number of nitrogens with zero attached hydrogens (tertiary/aromatic N) is 2. The van der Waals surface area contributed by atoms with Crippen molar-refractivity contribution in [3.05, 3.63) is 96.6 Å². The maximum atomic E-state index is 13.0. The van der Waals surface area contributed by atoms with Crippen LogP contribution in [0.2, 0.25) is 0 Å². The maximum Gasteiger partial charge on any atom is 0.411 e. The van der Waals surface area contributed by atoms with Gasteiger partial charge in [0.25, 0.3) is 0 Å². The quantitative estimate of drug-likeness (QED) is 0.0879. The molecule has 0 saturated carbocycles. The number of halogens is 2. The largest absolute Gasteiger partial charge is 0.450 e. The van der Waals surface area contributed by atoms with Crippen molar-refractivity contribution in [2.45, 2.75) is 19.8 Å². The molecule has 0 bridgehead atoms. The summed E-state index contributed by atoms with van der Waals surface area (Å²) in [5.41, 5.74) is 6.54. The minimum Gasteiger partial charge on any atom is -0.450 e. The fourth-order valence-corrected chi connectivity index (χ4v) is 5.60. The number of pyridine rings is 1. The van der Waals surface area contributed by atoms with E-state index >= 15 is 0 Å². The number of aryl methyl sites for hydroxylation is 1. The summed E-state index contributed by atoms with van der Waals surface area (Å²) in [4.78, 5) is 32.2. The molecule has 0 fully saturated rings. The van der Waals surface area contributed by atoms with Crippen LogP contribution in [-0.4, -0.2) is 48.4 Å². The molecular formula is C35H35Cl2N5O3. The molecule has 0 aliphatic carbocycles. The molecule has 8 nitrogen and oxygen atoms in total. The smallest absolute Gasteiger partial charge is 0.411 e. The fraction of sp³-hybridized carbons (Fsp3) is 0.229. The molecule has 5 rings (SSSR count). The molecule has 0 radical (unpaired) electrons. The molecule has 0 aliphatic heterocycles. The van der Waals surface area contributed by atoms with Crippen molar-refractivity contribution in [2.24, 2.45) is 0 Å². The molecular weight excluding hydrogens is 609 g/mol. The van der Waals surface area contributed by atoms with Crippen molar-refractivity contribution >= 4 is 85.4 Å². The SMILES string of the molecule is CCOC(=O)Nc1cc(CCC(=O)Nc2ccc(N(CCCl)CCCl)cc2)cc(Nc2c3ccccc3nc3ccccc23)c1. The third-order valence-electron chi connectivity index (χ3n) is 7.24. The van der Waals surface area contributed by atoms with E-state index in [2.05, 4.69) is 20.9 Å². The molecule has 2 amide bonds. The Morgan fingerprint density at radius 3 is 2.02 bits per heavy atom. The third-order valence-corrected chi connectivity index (χ3v) is 7.58. The van der Waals surface area contributed by atoms with E-state index in [9.17, 15) is 9.59 Å². The molecule has 0 atom stereocenters. The monoisotopic (exact) mass is 643 g/mol. The Labute approximate surface area is 272 Å². The molecule has 4 aromatic carbocycles. The summed E-state index contributed by atoms with van der Waals surface area (Å²) >= 11 is 11.9. The molecule has 0 aliphatic rings. The number of alkyl halides is 2. The molecule has 5 aromatic rings. The number of carbonyl (C=O) groups is 2. The van der Waals surface area contributed by atoms with Gasteiger partial charge in [0.15, 0.2) is 0 Å². The van der Waals surface area contributed by atoms with Crippen molar-refractivity contribution in [3.8, 4) is 0 Å². The highest BCUT2D eigenvalue weighted by Crippen LogP contribution is 2.34. The Bertz CT molecular complexity index is 1720. The first-order valence-electron chi connectivity index (χ1n) is 14.9. The maximum absolute atomic E-state index is 13.0. The molecule has 3 N–H and O–H groups in total. The molecule has 0 saturated heterocycles. The van der Waals surface area contributed by atoms with Crippen molar-refractivity contribution in [3.63, 3.8) is 0 Å². The fourth-order valence-electron chi connectivity index (χ4n) is 5.20. The van der Waals surface area contributed by atoms with Crippen molar-refractivity contribution in [1.29, 1.82) is 0 Å². The number of para-hydroxylation sites is 2. The predicted molar refractivity (Wildman–Crippen MR) is 187 cm³/mol. The molecule has 232 valence electrons. The Hall–Kier alpha value is -4.53. The molecule has 0 unspecified atom stereocenters. The number of anilines is 5. The van der Waals surface area contributed by atoms with Gasteiger partial charge in [0.1, 0.15) is 0 Å². The van der Waals surface area contributed by atoms with Crippen LogP contribution in [0.3, 0.4) is 0 Å². The number of amides is 2. The van der Waals surface area contributed by atoms with Gasteiger partial charge in [-0.3, -0.25) is 10.1 Å². The van der Waals surface area contributed by atoms with Gasteiger partial charge in [-0.15, -0.1) is 23.2 Å². The number of carbonyl (C=O) groups excluding carboxylic acids is 2. The van der Waals surface area contributed by atoms with Crippen LogP contribution in [0.4, 0.5) is 33.2 Å². The van der Waals surface area contributed by atoms with E-state index in [-0.39, 0.29) is 18.9 Å². The number of hydrogen-bond donors (Lipinski definition) is 3. The van der Waals surface area contributed by atoms with Gasteiger partial charge < -0.3 is 20.3 Å². The van der Waals surface area contributed by atoms with Gasteiger partial charge in [-0.1, -0.05) is 36.4 Å². The van der Waals surface area contributed by atoms with Gasteiger partial charge in [-0.2, -0.15) is 0 Å². The van der Waals surface area contributed by atoms with Crippen LogP contribution in [0.5, 0.6) is 0 Å². The van der Waals surface area contributed by atoms with E-state index in [1.807, 2.05) is 91.0 Å². The zero-order chi connectivity index (χ0) is 31.6. The van der Waals surface area contributed by atoms with Crippen LogP contribution in [-0.2, 0) is 16.0 Å². The number of rotatable bonds is 13. The van der Waals surface area contributed by atoms with E-state index < -0.39 is 6.09 Å². The minimum atomic E-state index is -0.544. The van der Waals surface area contributed by atoms with Crippen molar-refractivity contribution in [2.75, 3.05) is 52.3 Å². The number of fused-ring (bicyclic) bond motifs is 2. The number of ether oxygens (including phenoxy) is 1. The summed E-state index contributed by atoms with van der Waals surface area (Å²) < 4.78 is 5.11. The van der Waals surface area contributed by atoms with Gasteiger partial charge in [0.2, 0.25) is 5.91 Å². The topological polar surface area (TPSA) is 95.6 Å². The summed E-state index contributed by atoms with van der Waals surface area (Å²) in [5.74, 6) is 0.878. The van der Waals surface area contributed by atoms with Gasteiger partial charge in [0.05, 0.1) is 23.3 Å². The lowest BCUT2D eigenvalue weighted by Gasteiger charge is -2.23. The third kappa shape index (κ3) is 8.35. The van der Waals surface area contributed by atoms with Gasteiger partial charge in [-0.25, -0.2) is 9.78 Å². The van der Waals surface area contributed by atoms with Crippen LogP contribution in [0.15, 0.2) is 91.0 Å². The lowest BCUT2D eigenvalue weighted by Crippen LogP contribution is -2.27. The van der Waals surface area contributed by atoms with E-state index in [1.54, 1.807) is 6.92 Å². The van der Waals surface area contributed by atoms with Gasteiger partial charge in [0, 0.05) is 64.8 Å². The number of nitrogens with one attached hydrogen (secondary N) is 3. The highest BCUT2D eigenvalue weighted by atomic mass is 35.5. The summed E-state index contributed by atoms with van der Waals surface area (Å²) in [7, 11) is 0. The summed E-state index contributed by atoms with van der Waals surface area (Å²) in [6, 6.07) is 29.3. The lowest BCUT2D eigenvalue weighted by molar-refractivity contribution is -0.116. The highest BCUT2D eigenvalue weighted by molar-refractivity contribution is 6.18. The molecule has 1 heterocycles. The zero-order valence-corrected chi connectivity index (χ0v) is 26.5. The van der Waals surface area contributed by atoms with Gasteiger partial charge >= 0.3 is 6.09 Å². The standard InChI is InChI=1S/C35H35Cl2N5O3/c1-2-45-35(44)40-27-22-24(11-16-33(43)38-25-12-14-28(15-13-25)42(19-17-36)20-18-37)21-26(23-27)39-34-29-7-3-5-9-31(29)41-32-10-6-4-8-30(32)34/h3-10,12-15,21-23H,2,11,16-20H2,1H3,(H,38,43)(H,39,41)(H,40,44). The van der Waals surface area contributed by atoms with E-state index in [0.29, 0.717) is 42.6 Å². The second kappa shape index (κ2) is 15.5. The molecule has 1 aromatic heterocycles. The van der Waals surface area contributed by atoms with Crippen LogP contribution in [0.1, 0.15) is 18.9 Å². The Morgan fingerprint density at radius 2 is 1.40 bits per heavy atom. The van der Waals surface area contributed by atoms with Crippen LogP contribution in [0.25, 0.3) is 21.8 Å². The summed E-state index contributed by atoms with van der Waals surface area (Å²) in [6.07, 6.45) is 0.154. The summed E-state index contributed by atoms with van der Waals surface area (Å²) in [6.45, 7) is 3.39. The Balaban J connectivity index is 1.35. The molecule has 45 heavy (non-hydrogen) atoms. The van der Waals surface area contributed by atoms with E-state index in [1.165, 1.54) is 0 Å². The Morgan fingerprint density at radius 1 is 0.778 bits per heavy atom. The highest BCUT2D eigenvalue weighted by Gasteiger charge is 2.13. The number of aromatic nitrogens is 1. The first-order valence-corrected chi connectivity index (χ1v) is 15.9. The van der Waals surface area contributed by atoms with Crippen LogP contribution < -0.4 is 20.9 Å². The minimum absolute atomic E-state index is 0.120. The van der Waals surface area contributed by atoms with Crippen LogP contribution in [0, 0.1) is 0 Å². The lowest BCUT2D eigenvalue weighted by atomic mass is 10.1. The first-order chi connectivity index (χ1) is 22.0. The predicted octanol–water partition coefficient (Wildman–Crippen LogP) is 8.56. The molecule has 0 spiro atoms. The van der Waals surface area contributed by atoms with E-state index in [0.717, 1.165) is 44.4 Å². The zero-order valence-electron chi connectivity index (χ0n) is 25.0. The van der Waals surface area contributed by atoms with Crippen molar-refractivity contribution in [1.82, 2.24) is 4.98 Å². The normalized spacial score (nSPS) is 10.9. The number of hydrogen-bond acceptors (Lipinski definition) is 6. The number of benzene rings is 4. The Kier molecular flexibility index (Phi) is 11.0. The molecule has 10 heteroatoms. The van der Waals surface area contributed by atoms with E-state index in [4.69, 9.17) is 32.9 Å². The first kappa shape index (κ1) is 31.9. The van der Waals surface area contributed by atoms with Crippen molar-refractivity contribution < 1.29 is 14.3 Å². The summed E-state index contributed by atoms with van der Waals surface area (Å²) in [5, 5.41) is 11.3. The second-order valence-electron chi connectivity index (χ2n) is 10.4. The van der Waals surface area contributed by atoms with Gasteiger partial charge in [-0.05, 0) is 73.5 Å². The second-order valence-corrected chi connectivity index (χ2v) is 11.1. The average Bonchev–Trinajstić information content (AvgIpc) is 3.04. The average molecular weight is 645 g/mol.